The van der Waals surface area contributed by atoms with Gasteiger partial charge in [0.25, 0.3) is 0 Å². The summed E-state index contributed by atoms with van der Waals surface area (Å²) in [5, 5.41) is 12.3. The predicted octanol–water partition coefficient (Wildman–Crippen LogP) is 4.95. The van der Waals surface area contributed by atoms with E-state index in [2.05, 4.69) is 4.98 Å². The number of benzene rings is 2. The van der Waals surface area contributed by atoms with Crippen molar-refractivity contribution in [2.45, 2.75) is 5.92 Å². The number of thiazole rings is 1. The van der Waals surface area contributed by atoms with Crippen LogP contribution in [0.1, 0.15) is 22.0 Å². The van der Waals surface area contributed by atoms with Gasteiger partial charge in [0.2, 0.25) is 0 Å². The summed E-state index contributed by atoms with van der Waals surface area (Å²) in [5.74, 6) is -1.29. The Labute approximate surface area is 142 Å². The Morgan fingerprint density at radius 2 is 1.83 bits per heavy atom. The number of nitriles is 1. The van der Waals surface area contributed by atoms with Crippen molar-refractivity contribution < 1.29 is 4.79 Å². The van der Waals surface area contributed by atoms with Crippen molar-refractivity contribution in [2.75, 3.05) is 0 Å². The highest BCUT2D eigenvalue weighted by Crippen LogP contribution is 2.29. The molecule has 2 aromatic carbocycles. The molecular weight excluding hydrogens is 328 g/mol. The number of hydrogen-bond donors (Lipinski definition) is 0. The number of carbonyl (C=O) groups excluding carboxylic acids is 1. The van der Waals surface area contributed by atoms with Crippen molar-refractivity contribution >= 4 is 28.7 Å². The minimum atomic E-state index is -0.955. The number of halogens is 1. The minimum absolute atomic E-state index is 0.331. The van der Waals surface area contributed by atoms with Gasteiger partial charge in [0.15, 0.2) is 11.7 Å². The standard InChI is InChI=1S/C18H11ClN2OS/c19-15-9-5-4-8-13(15)17(22)14(10-20)16-11-23-18(21-16)12-6-2-1-3-7-12/h1-9,11,14H. The Balaban J connectivity index is 1.94. The van der Waals surface area contributed by atoms with Crippen LogP contribution in [0.5, 0.6) is 0 Å². The highest BCUT2D eigenvalue weighted by molar-refractivity contribution is 7.13. The topological polar surface area (TPSA) is 53.8 Å². The van der Waals surface area contributed by atoms with Gasteiger partial charge in [-0.15, -0.1) is 11.3 Å². The monoisotopic (exact) mass is 338 g/mol. The lowest BCUT2D eigenvalue weighted by molar-refractivity contribution is 0.0978. The van der Waals surface area contributed by atoms with Crippen LogP contribution in [0.3, 0.4) is 0 Å². The van der Waals surface area contributed by atoms with Gasteiger partial charge in [-0.05, 0) is 12.1 Å². The van der Waals surface area contributed by atoms with Crippen molar-refractivity contribution in [3.63, 3.8) is 0 Å². The molecule has 0 N–H and O–H groups in total. The van der Waals surface area contributed by atoms with Gasteiger partial charge in [-0.25, -0.2) is 4.98 Å². The van der Waals surface area contributed by atoms with E-state index in [1.807, 2.05) is 36.4 Å². The summed E-state index contributed by atoms with van der Waals surface area (Å²) in [6, 6.07) is 18.4. The van der Waals surface area contributed by atoms with Crippen molar-refractivity contribution in [2.24, 2.45) is 0 Å². The largest absolute Gasteiger partial charge is 0.292 e. The first-order valence-corrected chi connectivity index (χ1v) is 8.15. The molecule has 0 fully saturated rings. The fourth-order valence-corrected chi connectivity index (χ4v) is 3.29. The van der Waals surface area contributed by atoms with E-state index in [0.29, 0.717) is 16.3 Å². The maximum absolute atomic E-state index is 12.6. The van der Waals surface area contributed by atoms with Crippen LogP contribution in [-0.2, 0) is 0 Å². The zero-order valence-electron chi connectivity index (χ0n) is 11.9. The molecule has 0 saturated heterocycles. The average molecular weight is 339 g/mol. The summed E-state index contributed by atoms with van der Waals surface area (Å²) in [6.07, 6.45) is 0. The molecule has 1 heterocycles. The fraction of sp³-hybridized carbons (Fsp3) is 0.0556. The second kappa shape index (κ2) is 6.74. The number of rotatable bonds is 4. The number of carbonyl (C=O) groups is 1. The van der Waals surface area contributed by atoms with Crippen molar-refractivity contribution in [3.05, 3.63) is 76.3 Å². The van der Waals surface area contributed by atoms with Crippen LogP contribution in [0, 0.1) is 11.3 Å². The lowest BCUT2D eigenvalue weighted by Crippen LogP contribution is -2.12. The molecule has 0 aliphatic rings. The summed E-state index contributed by atoms with van der Waals surface area (Å²) >= 11 is 7.48. The number of Topliss-reactive ketones (excluding diaryl/α,β-unsaturated/α-hetero) is 1. The smallest absolute Gasteiger partial charge is 0.187 e. The third-order valence-electron chi connectivity index (χ3n) is 3.37. The predicted molar refractivity (Wildman–Crippen MR) is 91.7 cm³/mol. The summed E-state index contributed by atoms with van der Waals surface area (Å²) in [4.78, 5) is 17.1. The highest BCUT2D eigenvalue weighted by Gasteiger charge is 2.26. The number of nitrogens with zero attached hydrogens (tertiary/aromatic N) is 2. The van der Waals surface area contributed by atoms with Crippen LogP contribution in [0.15, 0.2) is 60.0 Å². The molecule has 0 aliphatic carbocycles. The average Bonchev–Trinajstić information content (AvgIpc) is 3.06. The van der Waals surface area contributed by atoms with Crippen LogP contribution in [0.2, 0.25) is 5.02 Å². The van der Waals surface area contributed by atoms with E-state index in [1.54, 1.807) is 29.6 Å². The zero-order chi connectivity index (χ0) is 16.2. The molecule has 1 unspecified atom stereocenters. The Bertz CT molecular complexity index is 883. The van der Waals surface area contributed by atoms with Crippen LogP contribution < -0.4 is 0 Å². The molecule has 1 aromatic heterocycles. The van der Waals surface area contributed by atoms with E-state index in [1.165, 1.54) is 11.3 Å². The first-order valence-electron chi connectivity index (χ1n) is 6.90. The minimum Gasteiger partial charge on any atom is -0.292 e. The molecule has 1 atom stereocenters. The van der Waals surface area contributed by atoms with Gasteiger partial charge in [0.05, 0.1) is 16.8 Å². The van der Waals surface area contributed by atoms with Crippen molar-refractivity contribution in [3.8, 4) is 16.6 Å². The summed E-state index contributed by atoms with van der Waals surface area (Å²) in [7, 11) is 0. The van der Waals surface area contributed by atoms with Gasteiger partial charge < -0.3 is 0 Å². The lowest BCUT2D eigenvalue weighted by Gasteiger charge is -2.07. The molecule has 0 amide bonds. The van der Waals surface area contributed by atoms with E-state index in [4.69, 9.17) is 11.6 Å². The Hall–Kier alpha value is -2.48. The Morgan fingerprint density at radius 1 is 1.13 bits per heavy atom. The Morgan fingerprint density at radius 3 is 2.52 bits per heavy atom. The third kappa shape index (κ3) is 3.16. The molecule has 3 rings (SSSR count). The van der Waals surface area contributed by atoms with Crippen LogP contribution in [-0.4, -0.2) is 10.8 Å². The molecule has 0 bridgehead atoms. The quantitative estimate of drug-likeness (QED) is 0.632. The van der Waals surface area contributed by atoms with Crippen LogP contribution in [0.25, 0.3) is 10.6 Å². The summed E-state index contributed by atoms with van der Waals surface area (Å²) < 4.78 is 0. The van der Waals surface area contributed by atoms with Crippen LogP contribution in [0.4, 0.5) is 0 Å². The molecule has 3 nitrogen and oxygen atoms in total. The second-order valence-corrected chi connectivity index (χ2v) is 6.12. The maximum atomic E-state index is 12.6. The summed E-state index contributed by atoms with van der Waals surface area (Å²) in [5.41, 5.74) is 1.77. The fourth-order valence-electron chi connectivity index (χ4n) is 2.21. The number of hydrogen-bond acceptors (Lipinski definition) is 4. The Kier molecular flexibility index (Phi) is 4.52. The molecular formula is C18H11ClN2OS. The van der Waals surface area contributed by atoms with Gasteiger partial charge in [0.1, 0.15) is 5.01 Å². The van der Waals surface area contributed by atoms with E-state index < -0.39 is 5.92 Å². The van der Waals surface area contributed by atoms with Crippen LogP contribution >= 0.6 is 22.9 Å². The highest BCUT2D eigenvalue weighted by atomic mass is 35.5. The molecule has 5 heteroatoms. The summed E-state index contributed by atoms with van der Waals surface area (Å²) in [6.45, 7) is 0. The molecule has 0 aliphatic heterocycles. The first-order chi connectivity index (χ1) is 11.2. The molecule has 0 saturated carbocycles. The lowest BCUT2D eigenvalue weighted by atomic mass is 9.96. The maximum Gasteiger partial charge on any atom is 0.187 e. The van der Waals surface area contributed by atoms with E-state index in [-0.39, 0.29) is 5.78 Å². The van der Waals surface area contributed by atoms with Gasteiger partial charge in [-0.3, -0.25) is 4.79 Å². The van der Waals surface area contributed by atoms with Crippen molar-refractivity contribution in [1.82, 2.24) is 4.98 Å². The second-order valence-electron chi connectivity index (χ2n) is 4.85. The molecule has 3 aromatic rings. The number of aromatic nitrogens is 1. The molecule has 112 valence electrons. The van der Waals surface area contributed by atoms with Gasteiger partial charge in [-0.2, -0.15) is 5.26 Å². The zero-order valence-corrected chi connectivity index (χ0v) is 13.5. The molecule has 0 spiro atoms. The first kappa shape index (κ1) is 15.4. The normalized spacial score (nSPS) is 11.7. The van der Waals surface area contributed by atoms with Gasteiger partial charge in [-0.1, -0.05) is 54.1 Å². The van der Waals surface area contributed by atoms with Gasteiger partial charge in [0, 0.05) is 16.5 Å². The molecule has 0 radical (unpaired) electrons. The van der Waals surface area contributed by atoms with E-state index in [9.17, 15) is 10.1 Å². The number of ketones is 1. The SMILES string of the molecule is N#CC(C(=O)c1ccccc1Cl)c1csc(-c2ccccc2)n1. The van der Waals surface area contributed by atoms with Crippen molar-refractivity contribution in [1.29, 1.82) is 5.26 Å². The van der Waals surface area contributed by atoms with E-state index >= 15 is 0 Å². The third-order valence-corrected chi connectivity index (χ3v) is 4.61. The molecule has 23 heavy (non-hydrogen) atoms. The van der Waals surface area contributed by atoms with E-state index in [0.717, 1.165) is 10.6 Å². The van der Waals surface area contributed by atoms with Gasteiger partial charge >= 0.3 is 0 Å².